The highest BCUT2D eigenvalue weighted by atomic mass is 19.1. The lowest BCUT2D eigenvalue weighted by Crippen LogP contribution is -2.58. The molecular formula is C31H31F2N3O. The van der Waals surface area contributed by atoms with Crippen molar-refractivity contribution >= 4 is 16.8 Å². The average Bonchev–Trinajstić information content (AvgIpc) is 3.30. The van der Waals surface area contributed by atoms with Crippen LogP contribution in [0.5, 0.6) is 0 Å². The van der Waals surface area contributed by atoms with E-state index in [4.69, 9.17) is 0 Å². The van der Waals surface area contributed by atoms with Crippen molar-refractivity contribution < 1.29 is 13.6 Å². The molecule has 4 nitrogen and oxygen atoms in total. The molecule has 2 heterocycles. The van der Waals surface area contributed by atoms with Crippen LogP contribution in [0.15, 0.2) is 72.8 Å². The lowest BCUT2D eigenvalue weighted by atomic mass is 9.65. The minimum Gasteiger partial charge on any atom is -0.356 e. The van der Waals surface area contributed by atoms with Crippen LogP contribution in [0.25, 0.3) is 10.9 Å². The quantitative estimate of drug-likeness (QED) is 0.356. The second-order valence-electron chi connectivity index (χ2n) is 10.7. The normalized spacial score (nSPS) is 23.5. The van der Waals surface area contributed by atoms with Gasteiger partial charge in [0.1, 0.15) is 17.2 Å². The van der Waals surface area contributed by atoms with Crippen molar-refractivity contribution in [2.24, 2.45) is 0 Å². The summed E-state index contributed by atoms with van der Waals surface area (Å²) in [6, 6.07) is 22.3. The molecule has 0 radical (unpaired) electrons. The van der Waals surface area contributed by atoms with E-state index in [9.17, 15) is 13.6 Å². The fourth-order valence-electron chi connectivity index (χ4n) is 6.90. The van der Waals surface area contributed by atoms with Gasteiger partial charge in [-0.3, -0.25) is 9.69 Å². The van der Waals surface area contributed by atoms with Gasteiger partial charge in [0.25, 0.3) is 5.91 Å². The Morgan fingerprint density at radius 1 is 0.865 bits per heavy atom. The number of benzene rings is 3. The van der Waals surface area contributed by atoms with Crippen LogP contribution in [-0.2, 0) is 17.5 Å². The minimum atomic E-state index is -0.815. The summed E-state index contributed by atoms with van der Waals surface area (Å²) >= 11 is 0. The number of aromatic amines is 1. The molecule has 0 saturated heterocycles. The third-order valence-corrected chi connectivity index (χ3v) is 8.87. The number of carbonyl (C=O) groups is 1. The Labute approximate surface area is 215 Å². The van der Waals surface area contributed by atoms with Crippen molar-refractivity contribution in [3.63, 3.8) is 0 Å². The molecular weight excluding hydrogens is 468 g/mol. The van der Waals surface area contributed by atoms with E-state index < -0.39 is 28.6 Å². The van der Waals surface area contributed by atoms with E-state index in [0.29, 0.717) is 25.8 Å². The zero-order valence-electron chi connectivity index (χ0n) is 21.2. The van der Waals surface area contributed by atoms with Crippen LogP contribution in [0, 0.1) is 11.6 Å². The van der Waals surface area contributed by atoms with E-state index >= 15 is 0 Å². The van der Waals surface area contributed by atoms with Gasteiger partial charge in [0.2, 0.25) is 0 Å². The summed E-state index contributed by atoms with van der Waals surface area (Å²) in [5, 5.41) is 1.16. The third kappa shape index (κ3) is 3.53. The third-order valence-electron chi connectivity index (χ3n) is 8.87. The second kappa shape index (κ2) is 8.80. The number of hydrogen-bond donors (Lipinski definition) is 1. The second-order valence-corrected chi connectivity index (χ2v) is 10.7. The molecule has 6 rings (SSSR count). The molecule has 6 heteroatoms. The van der Waals surface area contributed by atoms with E-state index in [0.717, 1.165) is 41.6 Å². The number of nitrogens with one attached hydrogen (secondary N) is 1. The van der Waals surface area contributed by atoms with Crippen LogP contribution >= 0.6 is 0 Å². The first-order chi connectivity index (χ1) is 17.9. The number of hydrogen-bond acceptors (Lipinski definition) is 2. The van der Waals surface area contributed by atoms with Crippen LogP contribution in [0.4, 0.5) is 8.78 Å². The maximum absolute atomic E-state index is 14.8. The Morgan fingerprint density at radius 2 is 1.51 bits per heavy atom. The standard InChI is InChI=1S/C31H31F2N3O/c1-35(2)30(21-9-4-3-5-10-21)16-18-31(19-17-30)28-23(22-11-6-7-14-26(22)34-28)15-20-36(31)29(37)27-24(32)12-8-13-25(27)33/h3-14,34H,15-20H2,1-2H3. The molecule has 190 valence electrons. The summed E-state index contributed by atoms with van der Waals surface area (Å²) in [5.74, 6) is -2.20. The smallest absolute Gasteiger partial charge is 0.260 e. The number of para-hydroxylation sites is 1. The first-order valence-electron chi connectivity index (χ1n) is 13.0. The molecule has 1 amide bonds. The number of carbonyl (C=O) groups excluding carboxylic acids is 1. The summed E-state index contributed by atoms with van der Waals surface area (Å²) < 4.78 is 29.6. The molecule has 37 heavy (non-hydrogen) atoms. The zero-order valence-corrected chi connectivity index (χ0v) is 21.2. The summed E-state index contributed by atoms with van der Waals surface area (Å²) in [6.07, 6.45) is 3.62. The summed E-state index contributed by atoms with van der Waals surface area (Å²) in [4.78, 5) is 21.6. The first kappa shape index (κ1) is 23.9. The maximum atomic E-state index is 14.8. The zero-order chi connectivity index (χ0) is 25.8. The minimum absolute atomic E-state index is 0.186. The molecule has 1 saturated carbocycles. The molecule has 0 bridgehead atoms. The molecule has 1 spiro atoms. The molecule has 4 aromatic rings. The molecule has 3 aromatic carbocycles. The Morgan fingerprint density at radius 3 is 2.19 bits per heavy atom. The Kier molecular flexibility index (Phi) is 5.68. The van der Waals surface area contributed by atoms with Gasteiger partial charge in [-0.1, -0.05) is 54.6 Å². The highest BCUT2D eigenvalue weighted by molar-refractivity contribution is 5.96. The van der Waals surface area contributed by atoms with Crippen molar-refractivity contribution in [2.75, 3.05) is 20.6 Å². The molecule has 1 aliphatic heterocycles. The van der Waals surface area contributed by atoms with Crippen molar-refractivity contribution in [2.45, 2.75) is 43.2 Å². The molecule has 0 unspecified atom stereocenters. The van der Waals surface area contributed by atoms with E-state index in [2.05, 4.69) is 60.4 Å². The van der Waals surface area contributed by atoms with Gasteiger partial charge in [-0.25, -0.2) is 8.78 Å². The van der Waals surface area contributed by atoms with Crippen molar-refractivity contribution in [1.82, 2.24) is 14.8 Å². The lowest BCUT2D eigenvalue weighted by Gasteiger charge is -2.55. The Bertz CT molecular complexity index is 1450. The highest BCUT2D eigenvalue weighted by Gasteiger charge is 2.53. The van der Waals surface area contributed by atoms with Crippen LogP contribution in [-0.4, -0.2) is 41.3 Å². The number of halogens is 2. The fourth-order valence-corrected chi connectivity index (χ4v) is 6.90. The van der Waals surface area contributed by atoms with Gasteiger partial charge < -0.3 is 9.88 Å². The van der Waals surface area contributed by atoms with Crippen molar-refractivity contribution in [3.8, 4) is 0 Å². The summed E-state index contributed by atoms with van der Waals surface area (Å²) in [6.45, 7) is 0.418. The fraction of sp³-hybridized carbons (Fsp3) is 0.323. The number of aromatic nitrogens is 1. The van der Waals surface area contributed by atoms with E-state index in [-0.39, 0.29) is 5.54 Å². The Hall–Kier alpha value is -3.51. The number of amides is 1. The number of rotatable bonds is 3. The van der Waals surface area contributed by atoms with Crippen LogP contribution in [0.3, 0.4) is 0 Å². The van der Waals surface area contributed by atoms with Crippen LogP contribution in [0.1, 0.15) is 52.9 Å². The monoisotopic (exact) mass is 499 g/mol. The van der Waals surface area contributed by atoms with E-state index in [1.54, 1.807) is 4.90 Å². The largest absolute Gasteiger partial charge is 0.356 e. The number of H-pyrrole nitrogens is 1. The molecule has 1 aromatic heterocycles. The van der Waals surface area contributed by atoms with Crippen molar-refractivity contribution in [1.29, 1.82) is 0 Å². The first-order valence-corrected chi connectivity index (χ1v) is 13.0. The van der Waals surface area contributed by atoms with E-state index in [1.165, 1.54) is 17.2 Å². The van der Waals surface area contributed by atoms with Gasteiger partial charge in [0, 0.05) is 28.7 Å². The molecule has 2 aliphatic rings. The van der Waals surface area contributed by atoms with E-state index in [1.807, 2.05) is 18.2 Å². The van der Waals surface area contributed by atoms with Gasteiger partial charge in [0.05, 0.1) is 5.54 Å². The van der Waals surface area contributed by atoms with Crippen molar-refractivity contribution in [3.05, 3.63) is 107 Å². The molecule has 1 aliphatic carbocycles. The predicted molar refractivity (Wildman–Crippen MR) is 141 cm³/mol. The maximum Gasteiger partial charge on any atom is 0.260 e. The average molecular weight is 500 g/mol. The van der Waals surface area contributed by atoms with Crippen LogP contribution < -0.4 is 0 Å². The van der Waals surface area contributed by atoms with Gasteiger partial charge in [-0.2, -0.15) is 0 Å². The van der Waals surface area contributed by atoms with Gasteiger partial charge in [-0.15, -0.1) is 0 Å². The lowest BCUT2D eigenvalue weighted by molar-refractivity contribution is -0.0146. The molecule has 1 N–H and O–H groups in total. The van der Waals surface area contributed by atoms with Gasteiger partial charge in [-0.05, 0) is 75.5 Å². The van der Waals surface area contributed by atoms with Gasteiger partial charge in [0.15, 0.2) is 0 Å². The number of nitrogens with zero attached hydrogens (tertiary/aromatic N) is 2. The predicted octanol–water partition coefficient (Wildman–Crippen LogP) is 6.37. The topological polar surface area (TPSA) is 39.3 Å². The summed E-state index contributed by atoms with van der Waals surface area (Å²) in [7, 11) is 4.22. The van der Waals surface area contributed by atoms with Crippen LogP contribution in [0.2, 0.25) is 0 Å². The van der Waals surface area contributed by atoms with Gasteiger partial charge >= 0.3 is 0 Å². The molecule has 1 fully saturated rings. The summed E-state index contributed by atoms with van der Waals surface area (Å²) in [5.41, 5.74) is 3.19. The number of fused-ring (bicyclic) bond motifs is 4. The molecule has 0 atom stereocenters. The Balaban J connectivity index is 1.49. The highest BCUT2D eigenvalue weighted by Crippen LogP contribution is 2.54. The SMILES string of the molecule is CN(C)C1(c2ccccc2)CCC2(CC1)c1[nH]c3ccccc3c1CCN2C(=O)c1c(F)cccc1F.